The van der Waals surface area contributed by atoms with Gasteiger partial charge in [0.05, 0.1) is 30.0 Å². The Labute approximate surface area is 197 Å². The second-order valence-corrected chi connectivity index (χ2v) is 8.60. The number of aromatic nitrogens is 3. The maximum Gasteiger partial charge on any atom is 0.304 e. The molecule has 0 aliphatic carbocycles. The van der Waals surface area contributed by atoms with Gasteiger partial charge < -0.3 is 21.3 Å². The molecule has 178 valence electrons. The molecule has 0 spiro atoms. The van der Waals surface area contributed by atoms with Gasteiger partial charge in [-0.05, 0) is 37.0 Å². The number of benzene rings is 1. The number of carboxylic acids is 1. The number of anilines is 1. The number of aryl methyl sites for hydroxylation is 4. The molecule has 34 heavy (non-hydrogen) atoms. The molecule has 0 saturated carbocycles. The Morgan fingerprint density at radius 2 is 1.97 bits per heavy atom. The van der Waals surface area contributed by atoms with E-state index in [4.69, 9.17) is 10.7 Å². The SMILES string of the molecule is Cc1ccc(C(CC(=O)O)c2nn(CCc3ccc4c(n3)NCCC4)c(CO)c2C(N)=O)cc1. The van der Waals surface area contributed by atoms with Crippen LogP contribution in [-0.2, 0) is 30.8 Å². The summed E-state index contributed by atoms with van der Waals surface area (Å²) in [5.74, 6) is -1.56. The van der Waals surface area contributed by atoms with Crippen molar-refractivity contribution in [2.45, 2.75) is 51.7 Å². The molecule has 9 heteroatoms. The number of carbonyl (C=O) groups is 2. The predicted octanol–water partition coefficient (Wildman–Crippen LogP) is 2.39. The zero-order chi connectivity index (χ0) is 24.2. The van der Waals surface area contributed by atoms with Gasteiger partial charge in [-0.1, -0.05) is 35.9 Å². The molecule has 3 heterocycles. The Balaban J connectivity index is 1.69. The third kappa shape index (κ3) is 4.94. The van der Waals surface area contributed by atoms with Gasteiger partial charge in [-0.2, -0.15) is 5.10 Å². The van der Waals surface area contributed by atoms with Crippen LogP contribution in [0.1, 0.15) is 62.9 Å². The second-order valence-electron chi connectivity index (χ2n) is 8.60. The van der Waals surface area contributed by atoms with Crippen molar-refractivity contribution in [2.24, 2.45) is 5.73 Å². The number of amides is 1. The number of aliphatic hydroxyl groups excluding tert-OH is 1. The van der Waals surface area contributed by atoms with Crippen molar-refractivity contribution in [2.75, 3.05) is 11.9 Å². The predicted molar refractivity (Wildman–Crippen MR) is 127 cm³/mol. The van der Waals surface area contributed by atoms with Gasteiger partial charge in [0, 0.05) is 31.1 Å². The summed E-state index contributed by atoms with van der Waals surface area (Å²) in [6.07, 6.45) is 2.34. The second kappa shape index (κ2) is 10.0. The van der Waals surface area contributed by atoms with Gasteiger partial charge in [-0.15, -0.1) is 0 Å². The van der Waals surface area contributed by atoms with E-state index in [-0.39, 0.29) is 23.4 Å². The highest BCUT2D eigenvalue weighted by Gasteiger charge is 2.30. The minimum atomic E-state index is -1.02. The van der Waals surface area contributed by atoms with E-state index in [0.29, 0.717) is 18.5 Å². The Morgan fingerprint density at radius 3 is 2.65 bits per heavy atom. The minimum absolute atomic E-state index is 0.0781. The molecule has 1 atom stereocenters. The molecule has 1 aliphatic heterocycles. The standard InChI is InChI=1S/C25H29N5O4/c1-15-4-6-16(7-5-15)19(13-21(32)33)23-22(24(26)34)20(14-31)30(29-23)12-10-18-9-8-17-3-2-11-27-25(17)28-18/h4-9,19,31H,2-3,10-14H2,1H3,(H2,26,34)(H,27,28)(H,32,33). The highest BCUT2D eigenvalue weighted by molar-refractivity contribution is 5.95. The molecule has 1 aliphatic rings. The zero-order valence-electron chi connectivity index (χ0n) is 19.1. The summed E-state index contributed by atoms with van der Waals surface area (Å²) in [6, 6.07) is 11.5. The molecule has 0 saturated heterocycles. The zero-order valence-corrected chi connectivity index (χ0v) is 19.1. The van der Waals surface area contributed by atoms with E-state index in [9.17, 15) is 19.8 Å². The van der Waals surface area contributed by atoms with Crippen LogP contribution in [0.3, 0.4) is 0 Å². The molecule has 1 aromatic carbocycles. The van der Waals surface area contributed by atoms with Crippen molar-refractivity contribution >= 4 is 17.7 Å². The van der Waals surface area contributed by atoms with Crippen LogP contribution in [0.4, 0.5) is 5.82 Å². The van der Waals surface area contributed by atoms with Gasteiger partial charge >= 0.3 is 5.97 Å². The Morgan fingerprint density at radius 1 is 1.21 bits per heavy atom. The van der Waals surface area contributed by atoms with E-state index in [1.54, 1.807) is 4.68 Å². The fourth-order valence-corrected chi connectivity index (χ4v) is 4.45. The fraction of sp³-hybridized carbons (Fsp3) is 0.360. The van der Waals surface area contributed by atoms with Crippen molar-refractivity contribution in [1.29, 1.82) is 0 Å². The molecule has 5 N–H and O–H groups in total. The molecule has 1 amide bonds. The van der Waals surface area contributed by atoms with E-state index < -0.39 is 24.4 Å². The molecular weight excluding hydrogens is 434 g/mol. The Kier molecular flexibility index (Phi) is 6.93. The first-order valence-electron chi connectivity index (χ1n) is 11.4. The minimum Gasteiger partial charge on any atom is -0.481 e. The molecule has 4 rings (SSSR count). The average Bonchev–Trinajstić information content (AvgIpc) is 3.20. The Hall–Kier alpha value is -3.72. The maximum absolute atomic E-state index is 12.4. The molecule has 1 unspecified atom stereocenters. The van der Waals surface area contributed by atoms with Crippen molar-refractivity contribution in [3.8, 4) is 0 Å². The van der Waals surface area contributed by atoms with Crippen molar-refractivity contribution in [3.63, 3.8) is 0 Å². The first-order chi connectivity index (χ1) is 16.4. The molecule has 0 bridgehead atoms. The lowest BCUT2D eigenvalue weighted by Gasteiger charge is -2.17. The van der Waals surface area contributed by atoms with Crippen LogP contribution in [0.15, 0.2) is 36.4 Å². The lowest BCUT2D eigenvalue weighted by molar-refractivity contribution is -0.137. The van der Waals surface area contributed by atoms with Gasteiger partial charge in [0.1, 0.15) is 5.82 Å². The molecule has 0 fully saturated rings. The summed E-state index contributed by atoms with van der Waals surface area (Å²) in [5.41, 5.74) is 10.1. The summed E-state index contributed by atoms with van der Waals surface area (Å²) in [6.45, 7) is 2.74. The maximum atomic E-state index is 12.4. The molecule has 2 aromatic heterocycles. The summed E-state index contributed by atoms with van der Waals surface area (Å²) in [4.78, 5) is 28.8. The average molecular weight is 464 g/mol. The molecule has 9 nitrogen and oxygen atoms in total. The summed E-state index contributed by atoms with van der Waals surface area (Å²) in [5, 5.41) is 27.6. The fourth-order valence-electron chi connectivity index (χ4n) is 4.45. The van der Waals surface area contributed by atoms with Gasteiger partial charge in [-0.3, -0.25) is 14.3 Å². The van der Waals surface area contributed by atoms with Crippen molar-refractivity contribution in [1.82, 2.24) is 14.8 Å². The van der Waals surface area contributed by atoms with E-state index >= 15 is 0 Å². The normalized spacial score (nSPS) is 13.7. The number of hydrogen-bond donors (Lipinski definition) is 4. The number of rotatable bonds is 9. The third-order valence-corrected chi connectivity index (χ3v) is 6.20. The van der Waals surface area contributed by atoms with Crippen LogP contribution in [0.2, 0.25) is 0 Å². The largest absolute Gasteiger partial charge is 0.481 e. The summed E-state index contributed by atoms with van der Waals surface area (Å²) in [7, 11) is 0. The van der Waals surface area contributed by atoms with Crippen LogP contribution in [-0.4, -0.2) is 43.4 Å². The highest BCUT2D eigenvalue weighted by atomic mass is 16.4. The van der Waals surface area contributed by atoms with Crippen LogP contribution in [0, 0.1) is 6.92 Å². The van der Waals surface area contributed by atoms with E-state index in [1.807, 2.05) is 37.3 Å². The van der Waals surface area contributed by atoms with Gasteiger partial charge in [0.25, 0.3) is 5.91 Å². The number of aliphatic carboxylic acids is 1. The highest BCUT2D eigenvalue weighted by Crippen LogP contribution is 2.32. The quantitative estimate of drug-likeness (QED) is 0.381. The number of carboxylic acid groups (broad SMARTS) is 1. The smallest absolute Gasteiger partial charge is 0.304 e. The number of nitrogens with zero attached hydrogens (tertiary/aromatic N) is 3. The number of nitrogens with one attached hydrogen (secondary N) is 1. The van der Waals surface area contributed by atoms with Crippen LogP contribution in [0.25, 0.3) is 0 Å². The molecular formula is C25H29N5O4. The van der Waals surface area contributed by atoms with E-state index in [1.165, 1.54) is 5.56 Å². The number of fused-ring (bicyclic) bond motifs is 1. The summed E-state index contributed by atoms with van der Waals surface area (Å²) < 4.78 is 1.55. The van der Waals surface area contributed by atoms with E-state index in [2.05, 4.69) is 16.5 Å². The lowest BCUT2D eigenvalue weighted by atomic mass is 9.89. The number of carbonyl (C=O) groups excluding carboxylic acids is 1. The first-order valence-corrected chi connectivity index (χ1v) is 11.4. The number of primary amides is 1. The van der Waals surface area contributed by atoms with Crippen LogP contribution in [0.5, 0.6) is 0 Å². The van der Waals surface area contributed by atoms with Gasteiger partial charge in [-0.25, -0.2) is 4.98 Å². The van der Waals surface area contributed by atoms with Gasteiger partial charge in [0.2, 0.25) is 0 Å². The lowest BCUT2D eigenvalue weighted by Crippen LogP contribution is -2.18. The number of pyridine rings is 1. The number of hydrogen-bond acceptors (Lipinski definition) is 6. The monoisotopic (exact) mass is 463 g/mol. The topological polar surface area (TPSA) is 143 Å². The van der Waals surface area contributed by atoms with E-state index in [0.717, 1.165) is 36.5 Å². The van der Waals surface area contributed by atoms with Crippen LogP contribution >= 0.6 is 0 Å². The van der Waals surface area contributed by atoms with Crippen molar-refractivity contribution in [3.05, 3.63) is 75.7 Å². The number of nitrogens with two attached hydrogens (primary N) is 1. The molecule has 0 radical (unpaired) electrons. The van der Waals surface area contributed by atoms with Crippen LogP contribution < -0.4 is 11.1 Å². The third-order valence-electron chi connectivity index (χ3n) is 6.20. The van der Waals surface area contributed by atoms with Gasteiger partial charge in [0.15, 0.2) is 0 Å². The summed E-state index contributed by atoms with van der Waals surface area (Å²) >= 11 is 0. The molecule has 3 aromatic rings. The number of aliphatic hydroxyl groups is 1. The first kappa shape index (κ1) is 23.4. The van der Waals surface area contributed by atoms with Crippen molar-refractivity contribution < 1.29 is 19.8 Å². The Bertz CT molecular complexity index is 1200.